The SMILES string of the molecule is CCn1ncc2c1CN(C(=O)c1cc3c(-c4ccccc4C#N)cc(C4=CCCN(C(=O)CCn5ccnn5)C4)c(F)c3[nH]1)C2. The average Bonchev–Trinajstić information content (AvgIpc) is 3.88. The zero-order chi connectivity index (χ0) is 31.1. The van der Waals surface area contributed by atoms with Gasteiger partial charge in [0.2, 0.25) is 5.91 Å². The van der Waals surface area contributed by atoms with E-state index in [9.17, 15) is 14.9 Å². The summed E-state index contributed by atoms with van der Waals surface area (Å²) in [5.41, 5.74) is 5.17. The minimum absolute atomic E-state index is 0.0572. The third-order valence-electron chi connectivity index (χ3n) is 8.62. The number of aryl methyl sites for hydroxylation is 2. The predicted octanol–water partition coefficient (Wildman–Crippen LogP) is 4.52. The Morgan fingerprint density at radius 1 is 1.09 bits per heavy atom. The summed E-state index contributed by atoms with van der Waals surface area (Å²) >= 11 is 0. The number of H-pyrrole nitrogens is 1. The Hall–Kier alpha value is -5.57. The lowest BCUT2D eigenvalue weighted by Gasteiger charge is -2.28. The quantitative estimate of drug-likeness (QED) is 0.291. The third kappa shape index (κ3) is 5.06. The third-order valence-corrected chi connectivity index (χ3v) is 8.62. The number of halogens is 1. The van der Waals surface area contributed by atoms with Crippen LogP contribution in [0.1, 0.15) is 52.6 Å². The number of amides is 2. The number of hydrogen-bond acceptors (Lipinski definition) is 6. The van der Waals surface area contributed by atoms with E-state index in [1.54, 1.807) is 57.3 Å². The van der Waals surface area contributed by atoms with E-state index in [1.807, 2.05) is 29.8 Å². The number of carbonyl (C=O) groups is 2. The van der Waals surface area contributed by atoms with Gasteiger partial charge in [0.15, 0.2) is 5.82 Å². The van der Waals surface area contributed by atoms with Crippen LogP contribution in [0.15, 0.2) is 61.1 Å². The fourth-order valence-corrected chi connectivity index (χ4v) is 6.31. The molecule has 226 valence electrons. The predicted molar refractivity (Wildman–Crippen MR) is 164 cm³/mol. The summed E-state index contributed by atoms with van der Waals surface area (Å²) < 4.78 is 20.0. The minimum atomic E-state index is -0.503. The van der Waals surface area contributed by atoms with E-state index in [-0.39, 0.29) is 36.0 Å². The molecule has 0 radical (unpaired) electrons. The summed E-state index contributed by atoms with van der Waals surface area (Å²) in [7, 11) is 0. The van der Waals surface area contributed by atoms with Gasteiger partial charge in [-0.2, -0.15) is 10.4 Å². The molecule has 3 aromatic heterocycles. The van der Waals surface area contributed by atoms with Gasteiger partial charge in [-0.1, -0.05) is 29.5 Å². The Labute approximate surface area is 258 Å². The van der Waals surface area contributed by atoms with E-state index < -0.39 is 5.82 Å². The van der Waals surface area contributed by atoms with Crippen LogP contribution in [0.4, 0.5) is 4.39 Å². The van der Waals surface area contributed by atoms with Gasteiger partial charge in [0.25, 0.3) is 5.91 Å². The Bertz CT molecular complexity index is 2020. The number of nitriles is 1. The lowest BCUT2D eigenvalue weighted by Crippen LogP contribution is -2.36. The molecule has 45 heavy (non-hydrogen) atoms. The van der Waals surface area contributed by atoms with Crippen LogP contribution in [0.2, 0.25) is 0 Å². The van der Waals surface area contributed by atoms with Gasteiger partial charge in [0.05, 0.1) is 48.3 Å². The van der Waals surface area contributed by atoms with Gasteiger partial charge in [-0.15, -0.1) is 5.10 Å². The molecule has 2 aromatic carbocycles. The first-order valence-electron chi connectivity index (χ1n) is 14.9. The summed E-state index contributed by atoms with van der Waals surface area (Å²) in [6.45, 7) is 4.74. The van der Waals surface area contributed by atoms with Crippen molar-refractivity contribution in [2.45, 2.75) is 45.9 Å². The van der Waals surface area contributed by atoms with Crippen molar-refractivity contribution in [3.63, 3.8) is 0 Å². The Morgan fingerprint density at radius 3 is 2.76 bits per heavy atom. The smallest absolute Gasteiger partial charge is 0.270 e. The van der Waals surface area contributed by atoms with E-state index >= 15 is 4.39 Å². The number of fused-ring (bicyclic) bond motifs is 2. The number of aromatic nitrogens is 6. The standard InChI is InChI=1S/C33H30FN9O2/c1-2-43-29-20-41(19-23(29)17-37-43)33(45)28-15-27-26(24-8-4-3-6-21(24)16-35)14-25(31(34)32(27)38-28)22-7-5-11-40(18-22)30(44)9-12-42-13-10-36-39-42/h3-4,6-8,10,13-15,17,38H,2,5,9,11-12,18-20H2,1H3. The molecule has 0 aliphatic carbocycles. The summed E-state index contributed by atoms with van der Waals surface area (Å²) in [5, 5.41) is 22.5. The highest BCUT2D eigenvalue weighted by Gasteiger charge is 2.30. The molecule has 2 aliphatic rings. The number of nitrogens with zero attached hydrogens (tertiary/aromatic N) is 8. The van der Waals surface area contributed by atoms with E-state index in [0.29, 0.717) is 72.4 Å². The van der Waals surface area contributed by atoms with Crippen molar-refractivity contribution in [2.24, 2.45) is 0 Å². The number of carbonyl (C=O) groups excluding carboxylic acids is 2. The van der Waals surface area contributed by atoms with Crippen LogP contribution in [0, 0.1) is 17.1 Å². The molecule has 5 heterocycles. The molecular formula is C33H30FN9O2. The Morgan fingerprint density at radius 2 is 1.96 bits per heavy atom. The summed E-state index contributed by atoms with van der Waals surface area (Å²) in [6.07, 6.45) is 7.84. The van der Waals surface area contributed by atoms with Crippen LogP contribution in [0.5, 0.6) is 0 Å². The fraction of sp³-hybridized carbons (Fsp3) is 0.273. The van der Waals surface area contributed by atoms with Crippen LogP contribution in [-0.2, 0) is 31.0 Å². The van der Waals surface area contributed by atoms with Crippen molar-refractivity contribution < 1.29 is 14.0 Å². The van der Waals surface area contributed by atoms with Gasteiger partial charge in [0, 0.05) is 60.9 Å². The Kier molecular flexibility index (Phi) is 7.21. The molecule has 0 bridgehead atoms. The largest absolute Gasteiger partial charge is 0.348 e. The zero-order valence-corrected chi connectivity index (χ0v) is 24.7. The number of aromatic amines is 1. The molecule has 2 aliphatic heterocycles. The van der Waals surface area contributed by atoms with Crippen molar-refractivity contribution in [1.29, 1.82) is 5.26 Å². The van der Waals surface area contributed by atoms with Crippen molar-refractivity contribution in [1.82, 2.24) is 39.6 Å². The highest BCUT2D eigenvalue weighted by atomic mass is 19.1. The molecule has 2 amide bonds. The van der Waals surface area contributed by atoms with Crippen LogP contribution < -0.4 is 0 Å². The van der Waals surface area contributed by atoms with Gasteiger partial charge in [-0.3, -0.25) is 19.0 Å². The highest BCUT2D eigenvalue weighted by molar-refractivity contribution is 6.05. The van der Waals surface area contributed by atoms with Crippen molar-refractivity contribution >= 4 is 28.3 Å². The molecule has 7 rings (SSSR count). The number of hydrogen-bond donors (Lipinski definition) is 1. The molecule has 11 nitrogen and oxygen atoms in total. The van der Waals surface area contributed by atoms with Crippen molar-refractivity contribution in [3.05, 3.63) is 95.0 Å². The van der Waals surface area contributed by atoms with Gasteiger partial charge < -0.3 is 14.8 Å². The summed E-state index contributed by atoms with van der Waals surface area (Å²) in [6, 6.07) is 12.8. The topological polar surface area (TPSA) is 129 Å². The van der Waals surface area contributed by atoms with E-state index in [0.717, 1.165) is 11.3 Å². The van der Waals surface area contributed by atoms with E-state index in [4.69, 9.17) is 0 Å². The second-order valence-electron chi connectivity index (χ2n) is 11.3. The maximum absolute atomic E-state index is 16.5. The average molecular weight is 604 g/mol. The molecule has 1 N–H and O–H groups in total. The normalized spacial score (nSPS) is 14.5. The number of benzene rings is 2. The van der Waals surface area contributed by atoms with E-state index in [2.05, 4.69) is 26.5 Å². The first-order valence-corrected chi connectivity index (χ1v) is 14.9. The molecule has 0 spiro atoms. The summed E-state index contributed by atoms with van der Waals surface area (Å²) in [4.78, 5) is 33.4. The number of nitrogens with one attached hydrogen (secondary N) is 1. The molecule has 0 saturated heterocycles. The molecule has 5 aromatic rings. The van der Waals surface area contributed by atoms with Crippen molar-refractivity contribution in [2.75, 3.05) is 13.1 Å². The highest BCUT2D eigenvalue weighted by Crippen LogP contribution is 2.38. The lowest BCUT2D eigenvalue weighted by molar-refractivity contribution is -0.131. The second kappa shape index (κ2) is 11.5. The van der Waals surface area contributed by atoms with Gasteiger partial charge in [0.1, 0.15) is 5.69 Å². The molecular weight excluding hydrogens is 573 g/mol. The fourth-order valence-electron chi connectivity index (χ4n) is 6.31. The van der Waals surface area contributed by atoms with Crippen LogP contribution in [0.25, 0.3) is 27.6 Å². The number of rotatable bonds is 7. The van der Waals surface area contributed by atoms with Crippen molar-refractivity contribution in [3.8, 4) is 17.2 Å². The maximum Gasteiger partial charge on any atom is 0.270 e. The zero-order valence-electron chi connectivity index (χ0n) is 24.7. The molecule has 0 unspecified atom stereocenters. The van der Waals surface area contributed by atoms with Gasteiger partial charge in [-0.05, 0) is 42.7 Å². The summed E-state index contributed by atoms with van der Waals surface area (Å²) in [5.74, 6) is -0.804. The van der Waals surface area contributed by atoms with Crippen LogP contribution >= 0.6 is 0 Å². The first-order chi connectivity index (χ1) is 21.9. The molecule has 12 heteroatoms. The maximum atomic E-state index is 16.5. The lowest BCUT2D eigenvalue weighted by atomic mass is 9.91. The molecule has 0 fully saturated rings. The van der Waals surface area contributed by atoms with Crippen LogP contribution in [0.3, 0.4) is 0 Å². The van der Waals surface area contributed by atoms with Crippen LogP contribution in [-0.4, -0.2) is 64.5 Å². The van der Waals surface area contributed by atoms with Gasteiger partial charge in [-0.25, -0.2) is 4.39 Å². The first kappa shape index (κ1) is 28.2. The second-order valence-corrected chi connectivity index (χ2v) is 11.3. The monoisotopic (exact) mass is 603 g/mol. The van der Waals surface area contributed by atoms with E-state index in [1.165, 1.54) is 0 Å². The molecule has 0 atom stereocenters. The van der Waals surface area contributed by atoms with Gasteiger partial charge >= 0.3 is 0 Å². The Balaban J connectivity index is 1.25. The molecule has 0 saturated carbocycles. The minimum Gasteiger partial charge on any atom is -0.348 e.